The first-order valence-corrected chi connectivity index (χ1v) is 5.63. The summed E-state index contributed by atoms with van der Waals surface area (Å²) in [5.74, 6) is 0.893. The van der Waals surface area contributed by atoms with Crippen LogP contribution < -0.4 is 5.32 Å². The van der Waals surface area contributed by atoms with Gasteiger partial charge in [0.1, 0.15) is 12.1 Å². The monoisotopic (exact) mass is 225 g/mol. The first-order chi connectivity index (χ1) is 7.00. The van der Waals surface area contributed by atoms with Gasteiger partial charge in [-0.05, 0) is 13.3 Å². The van der Waals surface area contributed by atoms with E-state index in [9.17, 15) is 0 Å². The van der Waals surface area contributed by atoms with Crippen LogP contribution in [0.15, 0.2) is 12.4 Å². The molecule has 15 heavy (non-hydrogen) atoms. The highest BCUT2D eigenvalue weighted by Crippen LogP contribution is 2.45. The third kappa shape index (κ3) is 1.93. The molecule has 2 rings (SSSR count). The summed E-state index contributed by atoms with van der Waals surface area (Å²) < 4.78 is 0. The van der Waals surface area contributed by atoms with E-state index in [1.807, 2.05) is 13.0 Å². The van der Waals surface area contributed by atoms with Crippen molar-refractivity contribution in [2.24, 2.45) is 5.41 Å². The minimum absolute atomic E-state index is 0.139. The van der Waals surface area contributed by atoms with Crippen LogP contribution in [0.2, 0.25) is 0 Å². The number of hydrogen-bond acceptors (Lipinski definition) is 3. The fourth-order valence-corrected chi connectivity index (χ4v) is 2.16. The summed E-state index contributed by atoms with van der Waals surface area (Å²) in [6.45, 7) is 6.32. The predicted octanol–water partition coefficient (Wildman–Crippen LogP) is 2.60. The molecule has 2 unspecified atom stereocenters. The Morgan fingerprint density at radius 2 is 2.20 bits per heavy atom. The molecule has 4 heteroatoms. The molecule has 0 saturated heterocycles. The van der Waals surface area contributed by atoms with Gasteiger partial charge in [0.05, 0.1) is 0 Å². The van der Waals surface area contributed by atoms with E-state index >= 15 is 0 Å². The van der Waals surface area contributed by atoms with Gasteiger partial charge in [-0.2, -0.15) is 0 Å². The number of anilines is 1. The van der Waals surface area contributed by atoms with E-state index in [4.69, 9.17) is 11.6 Å². The summed E-state index contributed by atoms with van der Waals surface area (Å²) in [5.41, 5.74) is 1.12. The molecule has 3 nitrogen and oxygen atoms in total. The first kappa shape index (κ1) is 10.7. The Morgan fingerprint density at radius 3 is 2.73 bits per heavy atom. The van der Waals surface area contributed by atoms with E-state index in [1.165, 1.54) is 0 Å². The third-order valence-corrected chi connectivity index (χ3v) is 4.01. The van der Waals surface area contributed by atoms with Gasteiger partial charge in [-0.15, -0.1) is 11.6 Å². The van der Waals surface area contributed by atoms with Crippen LogP contribution in [0, 0.1) is 12.3 Å². The molecule has 0 radical (unpaired) electrons. The highest BCUT2D eigenvalue weighted by atomic mass is 35.5. The van der Waals surface area contributed by atoms with Crippen LogP contribution in [0.25, 0.3) is 0 Å². The molecular weight excluding hydrogens is 210 g/mol. The quantitative estimate of drug-likeness (QED) is 0.787. The number of aromatic nitrogens is 2. The molecule has 1 aromatic heterocycles. The lowest BCUT2D eigenvalue weighted by Crippen LogP contribution is -2.54. The molecule has 82 valence electrons. The zero-order valence-corrected chi connectivity index (χ0v) is 10.0. The predicted molar refractivity (Wildman–Crippen MR) is 62.2 cm³/mol. The molecule has 1 aliphatic carbocycles. The maximum absolute atomic E-state index is 6.16. The lowest BCUT2D eigenvalue weighted by molar-refractivity contribution is 0.168. The fraction of sp³-hybridized carbons (Fsp3) is 0.636. The van der Waals surface area contributed by atoms with Crippen molar-refractivity contribution in [1.82, 2.24) is 9.97 Å². The molecule has 0 bridgehead atoms. The van der Waals surface area contributed by atoms with Gasteiger partial charge in [0.2, 0.25) is 0 Å². The number of nitrogens with zero attached hydrogens (tertiary/aromatic N) is 2. The summed E-state index contributed by atoms with van der Waals surface area (Å²) >= 11 is 6.16. The van der Waals surface area contributed by atoms with Crippen molar-refractivity contribution in [3.8, 4) is 0 Å². The standard InChI is InChI=1S/C11H16ClN3/c1-7-4-10(14-6-13-7)15-9-5-8(12)11(9,2)3/h4,6,8-9H,5H2,1-3H3,(H,13,14,15). The first-order valence-electron chi connectivity index (χ1n) is 5.19. The molecule has 1 aromatic rings. The van der Waals surface area contributed by atoms with E-state index in [0.29, 0.717) is 6.04 Å². The molecule has 0 amide bonds. The van der Waals surface area contributed by atoms with Gasteiger partial charge in [-0.1, -0.05) is 13.8 Å². The van der Waals surface area contributed by atoms with Crippen LogP contribution in [0.3, 0.4) is 0 Å². The second kappa shape index (κ2) is 3.63. The van der Waals surface area contributed by atoms with Crippen molar-refractivity contribution in [2.45, 2.75) is 38.6 Å². The average molecular weight is 226 g/mol. The van der Waals surface area contributed by atoms with Gasteiger partial charge in [0.15, 0.2) is 0 Å². The topological polar surface area (TPSA) is 37.8 Å². The number of nitrogens with one attached hydrogen (secondary N) is 1. The smallest absolute Gasteiger partial charge is 0.129 e. The van der Waals surface area contributed by atoms with Crippen LogP contribution in [-0.2, 0) is 0 Å². The Labute approximate surface area is 95.3 Å². The summed E-state index contributed by atoms with van der Waals surface area (Å²) in [4.78, 5) is 8.25. The zero-order chi connectivity index (χ0) is 11.1. The van der Waals surface area contributed by atoms with Crippen LogP contribution in [0.5, 0.6) is 0 Å². The number of alkyl halides is 1. The van der Waals surface area contributed by atoms with Gasteiger partial charge < -0.3 is 5.32 Å². The molecule has 0 aromatic carbocycles. The molecule has 2 atom stereocenters. The normalized spacial score (nSPS) is 28.3. The van der Waals surface area contributed by atoms with E-state index in [-0.39, 0.29) is 10.8 Å². The maximum atomic E-state index is 6.16. The lowest BCUT2D eigenvalue weighted by atomic mass is 9.67. The van der Waals surface area contributed by atoms with Crippen LogP contribution >= 0.6 is 11.6 Å². The zero-order valence-electron chi connectivity index (χ0n) is 9.29. The number of halogens is 1. The molecule has 1 N–H and O–H groups in total. The van der Waals surface area contributed by atoms with E-state index in [0.717, 1.165) is 17.9 Å². The minimum atomic E-state index is 0.139. The summed E-state index contributed by atoms with van der Waals surface area (Å²) in [7, 11) is 0. The van der Waals surface area contributed by atoms with Crippen molar-refractivity contribution < 1.29 is 0 Å². The Hall–Kier alpha value is -0.830. The summed E-state index contributed by atoms with van der Waals surface area (Å²) in [5, 5.41) is 3.67. The van der Waals surface area contributed by atoms with Gasteiger partial charge in [0.25, 0.3) is 0 Å². The van der Waals surface area contributed by atoms with Gasteiger partial charge in [-0.3, -0.25) is 0 Å². The average Bonchev–Trinajstić information content (AvgIpc) is 2.17. The van der Waals surface area contributed by atoms with Crippen molar-refractivity contribution in [1.29, 1.82) is 0 Å². The summed E-state index contributed by atoms with van der Waals surface area (Å²) in [6, 6.07) is 2.37. The number of rotatable bonds is 2. The fourth-order valence-electron chi connectivity index (χ4n) is 1.83. The number of aryl methyl sites for hydroxylation is 1. The Balaban J connectivity index is 2.05. The summed E-state index contributed by atoms with van der Waals surface area (Å²) in [6.07, 6.45) is 2.58. The van der Waals surface area contributed by atoms with Crippen LogP contribution in [0.4, 0.5) is 5.82 Å². The molecule has 1 saturated carbocycles. The Morgan fingerprint density at radius 1 is 1.47 bits per heavy atom. The van der Waals surface area contributed by atoms with E-state index in [2.05, 4.69) is 29.1 Å². The van der Waals surface area contributed by atoms with Crippen molar-refractivity contribution in [2.75, 3.05) is 5.32 Å². The van der Waals surface area contributed by atoms with Gasteiger partial charge in [0, 0.05) is 28.6 Å². The van der Waals surface area contributed by atoms with Crippen molar-refractivity contribution in [3.05, 3.63) is 18.1 Å². The Kier molecular flexibility index (Phi) is 2.59. The molecule has 1 heterocycles. The van der Waals surface area contributed by atoms with Crippen molar-refractivity contribution >= 4 is 17.4 Å². The molecular formula is C11H16ClN3. The lowest BCUT2D eigenvalue weighted by Gasteiger charge is -2.49. The van der Waals surface area contributed by atoms with Gasteiger partial charge >= 0.3 is 0 Å². The van der Waals surface area contributed by atoms with Gasteiger partial charge in [-0.25, -0.2) is 9.97 Å². The minimum Gasteiger partial charge on any atom is -0.367 e. The largest absolute Gasteiger partial charge is 0.367 e. The molecule has 0 spiro atoms. The third-order valence-electron chi connectivity index (χ3n) is 3.27. The highest BCUT2D eigenvalue weighted by Gasteiger charge is 2.47. The molecule has 1 fully saturated rings. The Bertz CT molecular complexity index is 365. The second-order valence-corrected chi connectivity index (χ2v) is 5.29. The maximum Gasteiger partial charge on any atom is 0.129 e. The SMILES string of the molecule is Cc1cc(NC2CC(Cl)C2(C)C)ncn1. The molecule has 0 aliphatic heterocycles. The van der Waals surface area contributed by atoms with E-state index < -0.39 is 0 Å². The van der Waals surface area contributed by atoms with E-state index in [1.54, 1.807) is 6.33 Å². The van der Waals surface area contributed by atoms with Crippen LogP contribution in [0.1, 0.15) is 26.0 Å². The van der Waals surface area contributed by atoms with Crippen molar-refractivity contribution in [3.63, 3.8) is 0 Å². The second-order valence-electron chi connectivity index (χ2n) is 4.77. The molecule has 1 aliphatic rings. The van der Waals surface area contributed by atoms with Crippen LogP contribution in [-0.4, -0.2) is 21.4 Å². The number of hydrogen-bond donors (Lipinski definition) is 1. The highest BCUT2D eigenvalue weighted by molar-refractivity contribution is 6.21.